The van der Waals surface area contributed by atoms with E-state index in [4.69, 9.17) is 4.84 Å². The van der Waals surface area contributed by atoms with E-state index in [1.165, 1.54) is 0 Å². The number of rotatable bonds is 7. The van der Waals surface area contributed by atoms with E-state index in [-0.39, 0.29) is 0 Å². The molecule has 6 heteroatoms. The van der Waals surface area contributed by atoms with Crippen molar-refractivity contribution in [3.05, 3.63) is 71.4 Å². The van der Waals surface area contributed by atoms with Crippen molar-refractivity contribution in [2.45, 2.75) is 33.6 Å². The third-order valence-electron chi connectivity index (χ3n) is 3.96. The molecule has 0 radical (unpaired) electrons. The van der Waals surface area contributed by atoms with Crippen molar-refractivity contribution >= 4 is 5.71 Å². The van der Waals surface area contributed by atoms with Gasteiger partial charge in [0.2, 0.25) is 0 Å². The molecule has 0 unspecified atom stereocenters. The Kier molecular flexibility index (Phi) is 6.20. The van der Waals surface area contributed by atoms with Gasteiger partial charge in [-0.25, -0.2) is 15.0 Å². The van der Waals surface area contributed by atoms with Crippen LogP contribution in [0.25, 0.3) is 11.5 Å². The summed E-state index contributed by atoms with van der Waals surface area (Å²) < 4.78 is 0. The van der Waals surface area contributed by atoms with E-state index in [1.54, 1.807) is 6.20 Å². The largest absolute Gasteiger partial charge is 0.396 e. The second kappa shape index (κ2) is 8.98. The first-order valence-corrected chi connectivity index (χ1v) is 8.98. The zero-order valence-electron chi connectivity index (χ0n) is 15.9. The number of pyridine rings is 2. The van der Waals surface area contributed by atoms with Crippen molar-refractivity contribution in [3.63, 3.8) is 0 Å². The van der Waals surface area contributed by atoms with Gasteiger partial charge in [-0.3, -0.25) is 4.98 Å². The summed E-state index contributed by atoms with van der Waals surface area (Å²) >= 11 is 0. The molecule has 3 heterocycles. The van der Waals surface area contributed by atoms with Crippen LogP contribution >= 0.6 is 0 Å². The van der Waals surface area contributed by atoms with Crippen LogP contribution in [0, 0.1) is 13.8 Å². The molecular weight excluding hydrogens is 338 g/mol. The van der Waals surface area contributed by atoms with Crippen LogP contribution in [0.15, 0.2) is 53.8 Å². The topological polar surface area (TPSA) is 73.2 Å². The first-order valence-electron chi connectivity index (χ1n) is 8.98. The Morgan fingerprint density at radius 2 is 1.74 bits per heavy atom. The number of hydrogen-bond acceptors (Lipinski definition) is 6. The molecule has 3 aromatic rings. The van der Waals surface area contributed by atoms with Crippen LogP contribution in [-0.2, 0) is 11.3 Å². The lowest BCUT2D eigenvalue weighted by Crippen LogP contribution is -2.02. The van der Waals surface area contributed by atoms with Gasteiger partial charge in [0.25, 0.3) is 0 Å². The van der Waals surface area contributed by atoms with Gasteiger partial charge in [-0.2, -0.15) is 0 Å². The Morgan fingerprint density at radius 3 is 2.52 bits per heavy atom. The third kappa shape index (κ3) is 5.41. The molecule has 3 aromatic heterocycles. The molecule has 0 saturated carbocycles. The highest BCUT2D eigenvalue weighted by molar-refractivity contribution is 5.96. The van der Waals surface area contributed by atoms with Gasteiger partial charge in [0, 0.05) is 23.3 Å². The van der Waals surface area contributed by atoms with Crippen LogP contribution in [0.4, 0.5) is 0 Å². The maximum atomic E-state index is 5.43. The molecule has 0 fully saturated rings. The summed E-state index contributed by atoms with van der Waals surface area (Å²) in [6, 6.07) is 13.6. The molecule has 0 aromatic carbocycles. The Labute approximate surface area is 159 Å². The fraction of sp³-hybridized carbons (Fsp3) is 0.286. The van der Waals surface area contributed by atoms with E-state index < -0.39 is 0 Å². The standard InChI is InChI=1S/C21H23N5O/c1-15-7-4-10-19(23-15)17(3)26-27-14-6-9-18-12-13-22-21(25-18)20-11-5-8-16(2)24-20/h4-5,7-8,10-13H,6,9,14H2,1-3H3/b26-17+. The maximum absolute atomic E-state index is 5.43. The van der Waals surface area contributed by atoms with Crippen LogP contribution < -0.4 is 0 Å². The summed E-state index contributed by atoms with van der Waals surface area (Å²) in [5, 5.41) is 4.15. The van der Waals surface area contributed by atoms with Crippen molar-refractivity contribution in [2.24, 2.45) is 5.16 Å². The Bertz CT molecular complexity index is 939. The zero-order valence-corrected chi connectivity index (χ0v) is 15.9. The lowest BCUT2D eigenvalue weighted by molar-refractivity contribution is 0.141. The summed E-state index contributed by atoms with van der Waals surface area (Å²) in [6.45, 7) is 6.33. The molecule has 6 nitrogen and oxygen atoms in total. The van der Waals surface area contributed by atoms with Crippen LogP contribution in [0.5, 0.6) is 0 Å². The summed E-state index contributed by atoms with van der Waals surface area (Å²) in [6.07, 6.45) is 3.38. The SMILES string of the molecule is C/C(=N\OCCCc1ccnc(-c2cccc(C)n2)n1)c1cccc(C)n1. The summed E-state index contributed by atoms with van der Waals surface area (Å²) in [4.78, 5) is 23.3. The van der Waals surface area contributed by atoms with Crippen molar-refractivity contribution in [1.29, 1.82) is 0 Å². The number of aromatic nitrogens is 4. The van der Waals surface area contributed by atoms with E-state index >= 15 is 0 Å². The minimum Gasteiger partial charge on any atom is -0.396 e. The molecular formula is C21H23N5O. The van der Waals surface area contributed by atoms with Crippen LogP contribution in [0.1, 0.15) is 36.1 Å². The van der Waals surface area contributed by atoms with E-state index in [0.29, 0.717) is 12.4 Å². The Morgan fingerprint density at radius 1 is 0.963 bits per heavy atom. The Hall–Kier alpha value is -3.15. The van der Waals surface area contributed by atoms with Crippen molar-refractivity contribution in [3.8, 4) is 11.5 Å². The van der Waals surface area contributed by atoms with Gasteiger partial charge in [0.1, 0.15) is 18.0 Å². The third-order valence-corrected chi connectivity index (χ3v) is 3.96. The van der Waals surface area contributed by atoms with Crippen LogP contribution in [0.3, 0.4) is 0 Å². The summed E-state index contributed by atoms with van der Waals surface area (Å²) in [7, 11) is 0. The lowest BCUT2D eigenvalue weighted by Gasteiger charge is -2.05. The second-order valence-corrected chi connectivity index (χ2v) is 6.31. The number of nitrogens with zero attached hydrogens (tertiary/aromatic N) is 5. The first-order chi connectivity index (χ1) is 13.1. The predicted octanol–water partition coefficient (Wildman–Crippen LogP) is 3.92. The average molecular weight is 361 g/mol. The molecule has 0 bridgehead atoms. The number of aryl methyl sites for hydroxylation is 3. The highest BCUT2D eigenvalue weighted by atomic mass is 16.6. The molecule has 27 heavy (non-hydrogen) atoms. The normalized spacial score (nSPS) is 11.4. The number of oxime groups is 1. The average Bonchev–Trinajstić information content (AvgIpc) is 2.68. The van der Waals surface area contributed by atoms with Gasteiger partial charge in [0.05, 0.1) is 5.69 Å². The number of hydrogen-bond donors (Lipinski definition) is 0. The highest BCUT2D eigenvalue weighted by Crippen LogP contribution is 2.13. The van der Waals surface area contributed by atoms with E-state index in [1.807, 2.05) is 63.2 Å². The molecule has 0 atom stereocenters. The lowest BCUT2D eigenvalue weighted by atomic mass is 10.2. The molecule has 0 aliphatic rings. The molecule has 138 valence electrons. The smallest absolute Gasteiger partial charge is 0.178 e. The van der Waals surface area contributed by atoms with Gasteiger partial charge >= 0.3 is 0 Å². The van der Waals surface area contributed by atoms with E-state index in [2.05, 4.69) is 25.1 Å². The molecule has 0 amide bonds. The van der Waals surface area contributed by atoms with Gasteiger partial charge in [0.15, 0.2) is 5.82 Å². The van der Waals surface area contributed by atoms with Crippen LogP contribution in [-0.4, -0.2) is 32.3 Å². The molecule has 0 aliphatic heterocycles. The van der Waals surface area contributed by atoms with Gasteiger partial charge in [-0.05, 0) is 63.9 Å². The minimum absolute atomic E-state index is 0.519. The summed E-state index contributed by atoms with van der Waals surface area (Å²) in [5.74, 6) is 0.650. The van der Waals surface area contributed by atoms with Crippen LogP contribution in [0.2, 0.25) is 0 Å². The molecule has 0 spiro atoms. The first kappa shape index (κ1) is 18.6. The maximum Gasteiger partial charge on any atom is 0.178 e. The van der Waals surface area contributed by atoms with Gasteiger partial charge in [-0.15, -0.1) is 0 Å². The Balaban J connectivity index is 1.52. The molecule has 0 saturated heterocycles. The zero-order chi connectivity index (χ0) is 19.1. The van der Waals surface area contributed by atoms with Gasteiger partial charge in [-0.1, -0.05) is 17.3 Å². The fourth-order valence-electron chi connectivity index (χ4n) is 2.58. The quantitative estimate of drug-likeness (QED) is 0.362. The van der Waals surface area contributed by atoms with Crippen molar-refractivity contribution in [2.75, 3.05) is 6.61 Å². The van der Waals surface area contributed by atoms with Crippen molar-refractivity contribution in [1.82, 2.24) is 19.9 Å². The molecule has 3 rings (SSSR count). The summed E-state index contributed by atoms with van der Waals surface area (Å²) in [5.41, 5.74) is 5.28. The van der Waals surface area contributed by atoms with Crippen molar-refractivity contribution < 1.29 is 4.84 Å². The second-order valence-electron chi connectivity index (χ2n) is 6.31. The highest BCUT2D eigenvalue weighted by Gasteiger charge is 2.05. The molecule has 0 aliphatic carbocycles. The fourth-order valence-corrected chi connectivity index (χ4v) is 2.58. The molecule has 0 N–H and O–H groups in total. The van der Waals surface area contributed by atoms with E-state index in [0.717, 1.165) is 47.0 Å². The minimum atomic E-state index is 0.519. The monoisotopic (exact) mass is 361 g/mol. The van der Waals surface area contributed by atoms with Gasteiger partial charge < -0.3 is 4.84 Å². The predicted molar refractivity (Wildman–Crippen MR) is 105 cm³/mol. The van der Waals surface area contributed by atoms with E-state index in [9.17, 15) is 0 Å².